The summed E-state index contributed by atoms with van der Waals surface area (Å²) in [4.78, 5) is 13.4. The summed E-state index contributed by atoms with van der Waals surface area (Å²) in [6.45, 7) is 1.79. The predicted octanol–water partition coefficient (Wildman–Crippen LogP) is 2.13. The molecule has 2 aromatic rings. The van der Waals surface area contributed by atoms with Crippen molar-refractivity contribution in [1.29, 1.82) is 0 Å². The van der Waals surface area contributed by atoms with Crippen molar-refractivity contribution in [2.75, 3.05) is 17.3 Å². The fraction of sp³-hybridized carbons (Fsp3) is 0.562. The number of nitrogens with one attached hydrogen (secondary N) is 1. The van der Waals surface area contributed by atoms with Crippen LogP contribution in [0.25, 0.3) is 10.7 Å². The van der Waals surface area contributed by atoms with E-state index < -0.39 is 15.4 Å². The number of sulfone groups is 1. The highest BCUT2D eigenvalue weighted by Crippen LogP contribution is 2.41. The van der Waals surface area contributed by atoms with Crippen molar-refractivity contribution in [3.05, 3.63) is 17.5 Å². The van der Waals surface area contributed by atoms with Gasteiger partial charge in [-0.05, 0) is 37.6 Å². The van der Waals surface area contributed by atoms with E-state index in [1.165, 1.54) is 11.8 Å². The van der Waals surface area contributed by atoms with E-state index in [0.29, 0.717) is 12.5 Å². The van der Waals surface area contributed by atoms with Crippen LogP contribution >= 0.6 is 23.1 Å². The Morgan fingerprint density at radius 1 is 1.46 bits per heavy atom. The molecule has 1 saturated carbocycles. The van der Waals surface area contributed by atoms with Gasteiger partial charge in [0.2, 0.25) is 5.91 Å². The molecule has 140 valence electrons. The quantitative estimate of drug-likeness (QED) is 0.731. The Kier molecular flexibility index (Phi) is 4.60. The summed E-state index contributed by atoms with van der Waals surface area (Å²) in [7, 11) is -3.04. The van der Waals surface area contributed by atoms with Gasteiger partial charge in [0.05, 0.1) is 27.7 Å². The van der Waals surface area contributed by atoms with Crippen molar-refractivity contribution in [3.63, 3.8) is 0 Å². The Morgan fingerprint density at radius 3 is 2.88 bits per heavy atom. The van der Waals surface area contributed by atoms with Crippen LogP contribution in [-0.4, -0.2) is 51.9 Å². The smallest absolute Gasteiger partial charge is 0.230 e. The molecule has 0 unspecified atom stereocenters. The Bertz CT molecular complexity index is 919. The van der Waals surface area contributed by atoms with Crippen LogP contribution in [0.2, 0.25) is 0 Å². The van der Waals surface area contributed by atoms with Crippen LogP contribution in [-0.2, 0) is 14.6 Å². The highest BCUT2D eigenvalue weighted by molar-refractivity contribution is 7.99. The average molecular weight is 413 g/mol. The Morgan fingerprint density at radius 2 is 2.27 bits per heavy atom. The van der Waals surface area contributed by atoms with Gasteiger partial charge in [0.25, 0.3) is 0 Å². The van der Waals surface area contributed by atoms with Gasteiger partial charge in [-0.15, -0.1) is 21.5 Å². The Hall–Kier alpha value is -1.39. The highest BCUT2D eigenvalue weighted by atomic mass is 32.2. The lowest BCUT2D eigenvalue weighted by Gasteiger charge is -2.23. The zero-order valence-electron chi connectivity index (χ0n) is 14.3. The molecule has 10 heteroatoms. The van der Waals surface area contributed by atoms with Gasteiger partial charge >= 0.3 is 0 Å². The number of carbonyl (C=O) groups is 1. The van der Waals surface area contributed by atoms with Gasteiger partial charge in [-0.1, -0.05) is 17.8 Å². The molecular formula is C16H20N4O3S3. The van der Waals surface area contributed by atoms with E-state index in [4.69, 9.17) is 0 Å². The summed E-state index contributed by atoms with van der Waals surface area (Å²) in [5, 5.41) is 14.3. The lowest BCUT2D eigenvalue weighted by Crippen LogP contribution is -2.47. The van der Waals surface area contributed by atoms with E-state index in [0.717, 1.165) is 28.7 Å². The third-order valence-corrected chi connectivity index (χ3v) is 8.31. The fourth-order valence-corrected chi connectivity index (χ4v) is 6.83. The molecule has 4 rings (SSSR count). The molecule has 3 heterocycles. The third-order valence-electron chi connectivity index (χ3n) is 4.60. The van der Waals surface area contributed by atoms with Crippen LogP contribution in [0.15, 0.2) is 22.7 Å². The minimum absolute atomic E-state index is 0.0111. The molecule has 0 aromatic carbocycles. The molecule has 1 N–H and O–H groups in total. The van der Waals surface area contributed by atoms with Gasteiger partial charge in [0.15, 0.2) is 20.8 Å². The molecule has 0 bridgehead atoms. The number of hydrogen-bond acceptors (Lipinski definition) is 7. The average Bonchev–Trinajstić information content (AvgIpc) is 2.99. The van der Waals surface area contributed by atoms with Crippen LogP contribution in [0.5, 0.6) is 0 Å². The SMILES string of the molecule is C[C@]1(NC(=O)CSc2nnc(-c3cccs3)n2C2CC2)CCS(=O)(=O)C1. The van der Waals surface area contributed by atoms with E-state index in [1.807, 2.05) is 17.5 Å². The summed E-state index contributed by atoms with van der Waals surface area (Å²) >= 11 is 2.98. The molecule has 2 fully saturated rings. The number of nitrogens with zero attached hydrogens (tertiary/aromatic N) is 3. The zero-order chi connectivity index (χ0) is 18.4. The maximum absolute atomic E-state index is 12.3. The molecule has 2 aliphatic rings. The number of amides is 1. The Balaban J connectivity index is 1.43. The monoisotopic (exact) mass is 412 g/mol. The third kappa shape index (κ3) is 3.81. The number of rotatable bonds is 6. The van der Waals surface area contributed by atoms with Gasteiger partial charge in [0.1, 0.15) is 0 Å². The second-order valence-electron chi connectivity index (χ2n) is 7.12. The van der Waals surface area contributed by atoms with E-state index in [1.54, 1.807) is 18.3 Å². The number of hydrogen-bond donors (Lipinski definition) is 1. The lowest BCUT2D eigenvalue weighted by atomic mass is 10.0. The first-order valence-corrected chi connectivity index (χ1v) is 12.2. The molecule has 1 atom stereocenters. The summed E-state index contributed by atoms with van der Waals surface area (Å²) in [5.74, 6) is 1.04. The second-order valence-corrected chi connectivity index (χ2v) is 11.2. The Labute approximate surface area is 160 Å². The van der Waals surface area contributed by atoms with Gasteiger partial charge in [-0.25, -0.2) is 8.42 Å². The van der Waals surface area contributed by atoms with E-state index in [2.05, 4.69) is 20.1 Å². The van der Waals surface area contributed by atoms with Crippen molar-refractivity contribution in [1.82, 2.24) is 20.1 Å². The van der Waals surface area contributed by atoms with Gasteiger partial charge in [-0.2, -0.15) is 0 Å². The summed E-state index contributed by atoms with van der Waals surface area (Å²) < 4.78 is 25.5. The van der Waals surface area contributed by atoms with E-state index in [-0.39, 0.29) is 23.2 Å². The normalized spacial score (nSPS) is 24.7. The van der Waals surface area contributed by atoms with Crippen molar-refractivity contribution in [2.45, 2.75) is 42.9 Å². The van der Waals surface area contributed by atoms with Crippen molar-refractivity contribution < 1.29 is 13.2 Å². The number of thioether (sulfide) groups is 1. The molecule has 0 radical (unpaired) electrons. The minimum atomic E-state index is -3.04. The summed E-state index contributed by atoms with van der Waals surface area (Å²) in [6.07, 6.45) is 2.67. The molecule has 26 heavy (non-hydrogen) atoms. The van der Waals surface area contributed by atoms with Crippen molar-refractivity contribution in [3.8, 4) is 10.7 Å². The lowest BCUT2D eigenvalue weighted by molar-refractivity contribution is -0.120. The molecule has 1 aliphatic carbocycles. The zero-order valence-corrected chi connectivity index (χ0v) is 16.8. The van der Waals surface area contributed by atoms with Crippen LogP contribution in [0, 0.1) is 0 Å². The molecular weight excluding hydrogens is 392 g/mol. The van der Waals surface area contributed by atoms with Crippen LogP contribution in [0.1, 0.15) is 32.2 Å². The molecule has 1 amide bonds. The van der Waals surface area contributed by atoms with Gasteiger partial charge in [-0.3, -0.25) is 9.36 Å². The van der Waals surface area contributed by atoms with Crippen LogP contribution < -0.4 is 5.32 Å². The van der Waals surface area contributed by atoms with Crippen LogP contribution in [0.4, 0.5) is 0 Å². The van der Waals surface area contributed by atoms with Crippen molar-refractivity contribution in [2.24, 2.45) is 0 Å². The number of thiophene rings is 1. The maximum atomic E-state index is 12.3. The molecule has 1 aliphatic heterocycles. The first-order chi connectivity index (χ1) is 12.4. The van der Waals surface area contributed by atoms with Gasteiger partial charge < -0.3 is 5.32 Å². The summed E-state index contributed by atoms with van der Waals surface area (Å²) in [6, 6.07) is 4.42. The van der Waals surface area contributed by atoms with Crippen LogP contribution in [0.3, 0.4) is 0 Å². The highest BCUT2D eigenvalue weighted by Gasteiger charge is 2.39. The largest absolute Gasteiger partial charge is 0.349 e. The van der Waals surface area contributed by atoms with E-state index in [9.17, 15) is 13.2 Å². The molecule has 1 saturated heterocycles. The van der Waals surface area contributed by atoms with Gasteiger partial charge in [0, 0.05) is 6.04 Å². The molecule has 0 spiro atoms. The predicted molar refractivity (Wildman–Crippen MR) is 102 cm³/mol. The molecule has 7 nitrogen and oxygen atoms in total. The fourth-order valence-electron chi connectivity index (χ4n) is 3.22. The minimum Gasteiger partial charge on any atom is -0.349 e. The molecule has 2 aromatic heterocycles. The van der Waals surface area contributed by atoms with E-state index >= 15 is 0 Å². The summed E-state index contributed by atoms with van der Waals surface area (Å²) in [5.41, 5.74) is -0.664. The topological polar surface area (TPSA) is 93.9 Å². The first-order valence-electron chi connectivity index (χ1n) is 8.48. The number of carbonyl (C=O) groups excluding carboxylic acids is 1. The standard InChI is InChI=1S/C16H20N4O3S3/c1-16(6-8-26(22,23)10-16)17-13(21)9-25-15-19-18-14(12-3-2-7-24-12)20(15)11-4-5-11/h2-3,7,11H,4-6,8-10H2,1H3,(H,17,21)/t16-/m0/s1. The van der Waals surface area contributed by atoms with Crippen molar-refractivity contribution >= 4 is 38.8 Å². The number of aromatic nitrogens is 3. The maximum Gasteiger partial charge on any atom is 0.230 e. The first kappa shape index (κ1) is 18.0. The second kappa shape index (κ2) is 6.65.